The first kappa shape index (κ1) is 21.6. The van der Waals surface area contributed by atoms with E-state index in [1.807, 2.05) is 11.1 Å². The summed E-state index contributed by atoms with van der Waals surface area (Å²) in [6.45, 7) is 6.66. The molecule has 2 aliphatic heterocycles. The molecule has 7 nitrogen and oxygen atoms in total. The zero-order chi connectivity index (χ0) is 22.0. The van der Waals surface area contributed by atoms with Crippen LogP contribution in [0.3, 0.4) is 0 Å². The quantitative estimate of drug-likeness (QED) is 0.730. The van der Waals surface area contributed by atoms with E-state index in [0.717, 1.165) is 69.9 Å². The molecule has 0 spiro atoms. The number of carbonyl (C=O) groups excluding carboxylic acids is 1. The van der Waals surface area contributed by atoms with Gasteiger partial charge in [-0.15, -0.1) is 0 Å². The van der Waals surface area contributed by atoms with E-state index in [4.69, 9.17) is 0 Å². The third-order valence-electron chi connectivity index (χ3n) is 6.31. The van der Waals surface area contributed by atoms with Gasteiger partial charge in [-0.05, 0) is 31.9 Å². The highest BCUT2D eigenvalue weighted by molar-refractivity contribution is 5.47. The van der Waals surface area contributed by atoms with Crippen molar-refractivity contribution in [1.82, 2.24) is 25.0 Å². The molecule has 1 unspecified atom stereocenters. The molecule has 0 radical (unpaired) electrons. The van der Waals surface area contributed by atoms with Crippen LogP contribution >= 0.6 is 0 Å². The first-order valence-corrected chi connectivity index (χ1v) is 10.6. The predicted octanol–water partition coefficient (Wildman–Crippen LogP) is 2.87. The van der Waals surface area contributed by atoms with E-state index in [-0.39, 0.29) is 6.04 Å². The Morgan fingerprint density at radius 1 is 1.16 bits per heavy atom. The Bertz CT molecular complexity index is 876. The number of aromatic nitrogens is 3. The highest BCUT2D eigenvalue weighted by atomic mass is 19.4. The number of anilines is 1. The minimum Gasteiger partial charge on any atom is -0.351 e. The molecule has 0 aromatic carbocycles. The number of alkyl halides is 3. The third kappa shape index (κ3) is 4.84. The van der Waals surface area contributed by atoms with Crippen molar-refractivity contribution in [2.24, 2.45) is 0 Å². The van der Waals surface area contributed by atoms with Gasteiger partial charge >= 0.3 is 6.18 Å². The summed E-state index contributed by atoms with van der Waals surface area (Å²) in [4.78, 5) is 21.2. The zero-order valence-electron chi connectivity index (χ0n) is 17.5. The smallest absolute Gasteiger partial charge is 0.351 e. The second-order valence-electron chi connectivity index (χ2n) is 8.40. The van der Waals surface area contributed by atoms with Crippen LogP contribution in [-0.4, -0.2) is 70.2 Å². The van der Waals surface area contributed by atoms with E-state index < -0.39 is 11.7 Å². The van der Waals surface area contributed by atoms with Crippen molar-refractivity contribution in [3.05, 3.63) is 41.3 Å². The molecular formula is C21H27F3N6O. The molecule has 168 valence electrons. The topological polar surface area (TPSA) is 68.4 Å². The molecule has 2 fully saturated rings. The van der Waals surface area contributed by atoms with Gasteiger partial charge in [0.2, 0.25) is 6.41 Å². The van der Waals surface area contributed by atoms with Crippen molar-refractivity contribution >= 4 is 12.2 Å². The van der Waals surface area contributed by atoms with Crippen molar-refractivity contribution in [3.8, 4) is 0 Å². The number of piperidine rings is 1. The lowest BCUT2D eigenvalue weighted by Gasteiger charge is -2.40. The van der Waals surface area contributed by atoms with Crippen LogP contribution in [-0.2, 0) is 17.5 Å². The highest BCUT2D eigenvalue weighted by Gasteiger charge is 2.32. The van der Waals surface area contributed by atoms with E-state index in [9.17, 15) is 18.0 Å². The minimum absolute atomic E-state index is 0.129. The lowest BCUT2D eigenvalue weighted by Crippen LogP contribution is -2.52. The summed E-state index contributed by atoms with van der Waals surface area (Å²) in [5.41, 5.74) is 1.61. The Labute approximate surface area is 179 Å². The van der Waals surface area contributed by atoms with Gasteiger partial charge in [-0.3, -0.25) is 14.8 Å². The number of nitrogens with one attached hydrogen (secondary N) is 1. The average molecular weight is 436 g/mol. The molecule has 31 heavy (non-hydrogen) atoms. The van der Waals surface area contributed by atoms with Gasteiger partial charge in [-0.2, -0.15) is 18.3 Å². The van der Waals surface area contributed by atoms with Crippen molar-refractivity contribution < 1.29 is 18.0 Å². The van der Waals surface area contributed by atoms with Gasteiger partial charge in [-0.25, -0.2) is 4.98 Å². The van der Waals surface area contributed by atoms with Crippen molar-refractivity contribution in [2.75, 3.05) is 37.6 Å². The Hall–Kier alpha value is -2.62. The molecule has 0 saturated carbocycles. The van der Waals surface area contributed by atoms with Crippen LogP contribution in [0.1, 0.15) is 42.5 Å². The number of H-pyrrole nitrogens is 1. The Kier molecular flexibility index (Phi) is 6.17. The maximum Gasteiger partial charge on any atom is 0.417 e. The van der Waals surface area contributed by atoms with Crippen LogP contribution in [0.25, 0.3) is 0 Å². The first-order valence-electron chi connectivity index (χ1n) is 10.6. The Morgan fingerprint density at radius 3 is 2.55 bits per heavy atom. The van der Waals surface area contributed by atoms with Crippen LogP contribution in [0.2, 0.25) is 0 Å². The second-order valence-corrected chi connectivity index (χ2v) is 8.40. The van der Waals surface area contributed by atoms with Gasteiger partial charge in [0.15, 0.2) is 0 Å². The van der Waals surface area contributed by atoms with Gasteiger partial charge in [0.1, 0.15) is 5.82 Å². The third-order valence-corrected chi connectivity index (χ3v) is 6.31. The van der Waals surface area contributed by atoms with Crippen molar-refractivity contribution in [1.29, 1.82) is 0 Å². The van der Waals surface area contributed by atoms with Crippen molar-refractivity contribution in [3.63, 3.8) is 0 Å². The maximum atomic E-state index is 12.8. The van der Waals surface area contributed by atoms with Gasteiger partial charge in [0, 0.05) is 68.7 Å². The Balaban J connectivity index is 1.36. The van der Waals surface area contributed by atoms with Crippen LogP contribution in [0.4, 0.5) is 19.0 Å². The molecule has 10 heteroatoms. The summed E-state index contributed by atoms with van der Waals surface area (Å²) in [6.07, 6.45) is 1.19. The van der Waals surface area contributed by atoms with E-state index in [0.29, 0.717) is 18.3 Å². The second kappa shape index (κ2) is 8.86. The molecule has 4 rings (SSSR count). The highest BCUT2D eigenvalue weighted by Crippen LogP contribution is 2.31. The average Bonchev–Trinajstić information content (AvgIpc) is 3.21. The predicted molar refractivity (Wildman–Crippen MR) is 110 cm³/mol. The molecule has 2 aromatic rings. The van der Waals surface area contributed by atoms with E-state index in [1.165, 1.54) is 11.6 Å². The van der Waals surface area contributed by atoms with Gasteiger partial charge < -0.3 is 9.80 Å². The first-order chi connectivity index (χ1) is 14.8. The van der Waals surface area contributed by atoms with Gasteiger partial charge in [0.05, 0.1) is 11.8 Å². The molecule has 2 aliphatic rings. The van der Waals surface area contributed by atoms with Crippen LogP contribution < -0.4 is 4.90 Å². The number of amides is 1. The summed E-state index contributed by atoms with van der Waals surface area (Å²) < 4.78 is 38.4. The van der Waals surface area contributed by atoms with Crippen LogP contribution in [0, 0.1) is 0 Å². The van der Waals surface area contributed by atoms with Crippen molar-refractivity contribution in [2.45, 2.75) is 44.4 Å². The number of halogens is 3. The molecule has 2 aromatic heterocycles. The molecule has 1 amide bonds. The molecule has 0 bridgehead atoms. The zero-order valence-corrected chi connectivity index (χ0v) is 17.5. The van der Waals surface area contributed by atoms with Crippen LogP contribution in [0.15, 0.2) is 24.5 Å². The molecule has 1 N–H and O–H groups in total. The monoisotopic (exact) mass is 436 g/mol. The molecule has 0 aliphatic carbocycles. The molecule has 2 saturated heterocycles. The summed E-state index contributed by atoms with van der Waals surface area (Å²) >= 11 is 0. The Morgan fingerprint density at radius 2 is 1.94 bits per heavy atom. The fraction of sp³-hybridized carbons (Fsp3) is 0.571. The normalized spacial score (nSPS) is 21.5. The lowest BCUT2D eigenvalue weighted by molar-refractivity contribution is -0.137. The fourth-order valence-corrected chi connectivity index (χ4v) is 4.58. The van der Waals surface area contributed by atoms with E-state index in [1.54, 1.807) is 0 Å². The SMILES string of the molecule is CC1CN(Cc2cn[nH]c2C2CCN(C=O)CC2)CCN1c1ccc(C(F)(F)F)cn1. The minimum atomic E-state index is -4.37. The summed E-state index contributed by atoms with van der Waals surface area (Å²) in [5, 5.41) is 7.43. The summed E-state index contributed by atoms with van der Waals surface area (Å²) in [6, 6.07) is 2.67. The standard InChI is InChI=1S/C21H27F3N6O/c1-15-12-29(8-9-30(15)19-3-2-18(11-25-19)21(22,23)24)13-17-10-26-27-20(17)16-4-6-28(14-31)7-5-16/h2-3,10-11,14-16H,4-9,12-13H2,1H3,(H,26,27). The number of piperazine rings is 1. The van der Waals surface area contributed by atoms with E-state index in [2.05, 4.69) is 31.9 Å². The van der Waals surface area contributed by atoms with Crippen LogP contribution in [0.5, 0.6) is 0 Å². The summed E-state index contributed by atoms with van der Waals surface area (Å²) in [7, 11) is 0. The molecular weight excluding hydrogens is 409 g/mol. The number of likely N-dealkylation sites (tertiary alicyclic amines) is 1. The van der Waals surface area contributed by atoms with Gasteiger partial charge in [-0.1, -0.05) is 0 Å². The van der Waals surface area contributed by atoms with Gasteiger partial charge in [0.25, 0.3) is 0 Å². The number of aromatic amines is 1. The fourth-order valence-electron chi connectivity index (χ4n) is 4.58. The number of hydrogen-bond donors (Lipinski definition) is 1. The number of rotatable bonds is 5. The molecule has 4 heterocycles. The van der Waals surface area contributed by atoms with E-state index >= 15 is 0 Å². The lowest BCUT2D eigenvalue weighted by atomic mass is 9.91. The maximum absolute atomic E-state index is 12.8. The number of carbonyl (C=O) groups is 1. The number of hydrogen-bond acceptors (Lipinski definition) is 5. The number of pyridine rings is 1. The number of nitrogens with zero attached hydrogens (tertiary/aromatic N) is 5. The molecule has 1 atom stereocenters. The largest absolute Gasteiger partial charge is 0.417 e. The summed E-state index contributed by atoms with van der Waals surface area (Å²) in [5.74, 6) is 0.954.